The summed E-state index contributed by atoms with van der Waals surface area (Å²) < 4.78 is 26.7. The number of hydrogen-bond donors (Lipinski definition) is 1. The van der Waals surface area contributed by atoms with Gasteiger partial charge in [0.15, 0.2) is 0 Å². The summed E-state index contributed by atoms with van der Waals surface area (Å²) in [5.41, 5.74) is 0.714. The first kappa shape index (κ1) is 16.4. The van der Waals surface area contributed by atoms with Gasteiger partial charge in [-0.15, -0.1) is 0 Å². The van der Waals surface area contributed by atoms with Crippen LogP contribution in [0.1, 0.15) is 39.2 Å². The normalized spacial score (nSPS) is 20.7. The number of nitrogens with one attached hydrogen (secondary N) is 1. The van der Waals surface area contributed by atoms with Crippen LogP contribution in [0.4, 0.5) is 8.78 Å². The number of nitrogens with zero attached hydrogens (tertiary/aromatic N) is 1. The van der Waals surface area contributed by atoms with E-state index in [1.54, 1.807) is 6.07 Å². The van der Waals surface area contributed by atoms with Gasteiger partial charge in [-0.1, -0.05) is 6.07 Å². The molecule has 0 spiro atoms. The number of piperidine rings is 1. The Morgan fingerprint density at radius 3 is 2.71 bits per heavy atom. The van der Waals surface area contributed by atoms with Gasteiger partial charge in [0.25, 0.3) is 0 Å². The van der Waals surface area contributed by atoms with Crippen molar-refractivity contribution in [2.24, 2.45) is 5.92 Å². The van der Waals surface area contributed by atoms with Crippen molar-refractivity contribution in [3.63, 3.8) is 0 Å². The van der Waals surface area contributed by atoms with Crippen LogP contribution in [0.15, 0.2) is 18.2 Å². The minimum atomic E-state index is -0.512. The second kappa shape index (κ2) is 6.84. The number of halogens is 2. The summed E-state index contributed by atoms with van der Waals surface area (Å²) in [5, 5.41) is 3.54. The SMILES string of the molecule is CC(C)(C)NCC1CCCN(Cc2ccc(F)cc2F)C1. The molecule has 0 saturated carbocycles. The Labute approximate surface area is 126 Å². The first-order chi connectivity index (χ1) is 9.83. The predicted molar refractivity (Wildman–Crippen MR) is 82.1 cm³/mol. The Bertz CT molecular complexity index is 468. The van der Waals surface area contributed by atoms with E-state index in [1.807, 2.05) is 0 Å². The molecule has 1 aromatic carbocycles. The van der Waals surface area contributed by atoms with Crippen LogP contribution in [0, 0.1) is 17.6 Å². The third-order valence-corrected chi connectivity index (χ3v) is 3.93. The molecule has 2 nitrogen and oxygen atoms in total. The minimum absolute atomic E-state index is 0.130. The Morgan fingerprint density at radius 1 is 1.29 bits per heavy atom. The summed E-state index contributed by atoms with van der Waals surface area (Å²) >= 11 is 0. The number of hydrogen-bond acceptors (Lipinski definition) is 2. The van der Waals surface area contributed by atoms with Gasteiger partial charge < -0.3 is 5.32 Å². The van der Waals surface area contributed by atoms with Gasteiger partial charge in [-0.25, -0.2) is 8.78 Å². The zero-order chi connectivity index (χ0) is 15.5. The smallest absolute Gasteiger partial charge is 0.130 e. The van der Waals surface area contributed by atoms with E-state index >= 15 is 0 Å². The second-order valence-electron chi connectivity index (χ2n) is 7.11. The largest absolute Gasteiger partial charge is 0.312 e. The number of benzene rings is 1. The van der Waals surface area contributed by atoms with Gasteiger partial charge in [-0.2, -0.15) is 0 Å². The molecule has 0 amide bonds. The number of likely N-dealkylation sites (tertiary alicyclic amines) is 1. The molecule has 1 saturated heterocycles. The van der Waals surface area contributed by atoms with Gasteiger partial charge in [0.1, 0.15) is 11.6 Å². The fourth-order valence-electron chi connectivity index (χ4n) is 2.80. The summed E-state index contributed by atoms with van der Waals surface area (Å²) in [4.78, 5) is 2.27. The summed E-state index contributed by atoms with van der Waals surface area (Å²) in [6.07, 6.45) is 2.35. The molecule has 0 bridgehead atoms. The van der Waals surface area contributed by atoms with Crippen LogP contribution in [0.2, 0.25) is 0 Å². The van der Waals surface area contributed by atoms with E-state index in [0.717, 1.165) is 32.1 Å². The average Bonchev–Trinajstić information content (AvgIpc) is 2.39. The lowest BCUT2D eigenvalue weighted by molar-refractivity contribution is 0.158. The molecule has 1 aliphatic heterocycles. The van der Waals surface area contributed by atoms with Gasteiger partial charge in [0, 0.05) is 30.3 Å². The van der Waals surface area contributed by atoms with E-state index < -0.39 is 11.6 Å². The maximum atomic E-state index is 13.7. The summed E-state index contributed by atoms with van der Waals surface area (Å²) in [6, 6.07) is 3.86. The Hall–Kier alpha value is -1.00. The van der Waals surface area contributed by atoms with Crippen molar-refractivity contribution in [3.05, 3.63) is 35.4 Å². The van der Waals surface area contributed by atoms with Crippen LogP contribution in [-0.4, -0.2) is 30.1 Å². The highest BCUT2D eigenvalue weighted by atomic mass is 19.1. The molecular weight excluding hydrogens is 270 g/mol. The van der Waals surface area contributed by atoms with Gasteiger partial charge in [0.05, 0.1) is 0 Å². The molecule has 21 heavy (non-hydrogen) atoms. The molecule has 0 aliphatic carbocycles. The van der Waals surface area contributed by atoms with E-state index in [0.29, 0.717) is 18.0 Å². The zero-order valence-electron chi connectivity index (χ0n) is 13.3. The Balaban J connectivity index is 1.89. The highest BCUT2D eigenvalue weighted by Crippen LogP contribution is 2.20. The van der Waals surface area contributed by atoms with E-state index in [-0.39, 0.29) is 5.54 Å². The quantitative estimate of drug-likeness (QED) is 0.914. The Morgan fingerprint density at radius 2 is 2.05 bits per heavy atom. The maximum Gasteiger partial charge on any atom is 0.130 e. The third-order valence-electron chi connectivity index (χ3n) is 3.93. The maximum absolute atomic E-state index is 13.7. The molecule has 0 aromatic heterocycles. The minimum Gasteiger partial charge on any atom is -0.312 e. The molecule has 0 radical (unpaired) electrons. The molecule has 1 unspecified atom stereocenters. The molecule has 2 rings (SSSR count). The molecule has 118 valence electrons. The van der Waals surface area contributed by atoms with E-state index in [1.165, 1.54) is 12.5 Å². The van der Waals surface area contributed by atoms with Crippen LogP contribution >= 0.6 is 0 Å². The van der Waals surface area contributed by atoms with Crippen molar-refractivity contribution in [2.75, 3.05) is 19.6 Å². The van der Waals surface area contributed by atoms with Gasteiger partial charge in [0.2, 0.25) is 0 Å². The molecular formula is C17H26F2N2. The molecule has 1 fully saturated rings. The zero-order valence-corrected chi connectivity index (χ0v) is 13.3. The molecule has 1 aromatic rings. The first-order valence-electron chi connectivity index (χ1n) is 7.75. The van der Waals surface area contributed by atoms with Crippen LogP contribution in [0.3, 0.4) is 0 Å². The third kappa shape index (κ3) is 5.36. The van der Waals surface area contributed by atoms with Gasteiger partial charge >= 0.3 is 0 Å². The highest BCUT2D eigenvalue weighted by Gasteiger charge is 2.22. The van der Waals surface area contributed by atoms with Crippen molar-refractivity contribution in [1.82, 2.24) is 10.2 Å². The van der Waals surface area contributed by atoms with Crippen LogP contribution < -0.4 is 5.32 Å². The van der Waals surface area contributed by atoms with Crippen molar-refractivity contribution in [2.45, 2.75) is 45.7 Å². The predicted octanol–water partition coefficient (Wildman–Crippen LogP) is 3.56. The lowest BCUT2D eigenvalue weighted by Crippen LogP contribution is -2.44. The van der Waals surface area contributed by atoms with E-state index in [9.17, 15) is 8.78 Å². The molecule has 4 heteroatoms. The van der Waals surface area contributed by atoms with Crippen molar-refractivity contribution in [1.29, 1.82) is 0 Å². The number of rotatable bonds is 4. The van der Waals surface area contributed by atoms with Gasteiger partial charge in [-0.05, 0) is 58.7 Å². The van der Waals surface area contributed by atoms with Crippen molar-refractivity contribution >= 4 is 0 Å². The van der Waals surface area contributed by atoms with E-state index in [4.69, 9.17) is 0 Å². The summed E-state index contributed by atoms with van der Waals surface area (Å²) in [5.74, 6) is -0.353. The molecule has 1 atom stereocenters. The van der Waals surface area contributed by atoms with Crippen LogP contribution in [0.25, 0.3) is 0 Å². The second-order valence-corrected chi connectivity index (χ2v) is 7.11. The molecule has 1 heterocycles. The van der Waals surface area contributed by atoms with Crippen molar-refractivity contribution < 1.29 is 8.78 Å². The fraction of sp³-hybridized carbons (Fsp3) is 0.647. The highest BCUT2D eigenvalue weighted by molar-refractivity contribution is 5.18. The molecule has 1 aliphatic rings. The van der Waals surface area contributed by atoms with Crippen LogP contribution in [-0.2, 0) is 6.54 Å². The molecule has 1 N–H and O–H groups in total. The van der Waals surface area contributed by atoms with Gasteiger partial charge in [-0.3, -0.25) is 4.90 Å². The first-order valence-corrected chi connectivity index (χ1v) is 7.75. The standard InChI is InChI=1S/C17H26F2N2/c1-17(2,3)20-10-13-5-4-8-21(11-13)12-14-6-7-15(18)9-16(14)19/h6-7,9,13,20H,4-5,8,10-12H2,1-3H3. The van der Waals surface area contributed by atoms with E-state index in [2.05, 4.69) is 31.0 Å². The fourth-order valence-corrected chi connectivity index (χ4v) is 2.80. The lowest BCUT2D eigenvalue weighted by Gasteiger charge is -2.34. The topological polar surface area (TPSA) is 15.3 Å². The summed E-state index contributed by atoms with van der Waals surface area (Å²) in [7, 11) is 0. The Kier molecular flexibility index (Phi) is 5.33. The monoisotopic (exact) mass is 296 g/mol. The van der Waals surface area contributed by atoms with Crippen LogP contribution in [0.5, 0.6) is 0 Å². The van der Waals surface area contributed by atoms with Crippen molar-refractivity contribution in [3.8, 4) is 0 Å². The average molecular weight is 296 g/mol. The lowest BCUT2D eigenvalue weighted by atomic mass is 9.96. The summed E-state index contributed by atoms with van der Waals surface area (Å²) in [6.45, 7) is 10.0.